The van der Waals surface area contributed by atoms with Crippen LogP contribution in [0.15, 0.2) is 48.5 Å². The van der Waals surface area contributed by atoms with Crippen LogP contribution in [-0.4, -0.2) is 14.7 Å². The number of fused-ring (bicyclic) bond motifs is 2. The van der Waals surface area contributed by atoms with Gasteiger partial charge in [-0.3, -0.25) is 0 Å². The van der Waals surface area contributed by atoms with Crippen molar-refractivity contribution < 1.29 is 5.11 Å². The topological polar surface area (TPSA) is 38.1 Å². The molecule has 22 heavy (non-hydrogen) atoms. The monoisotopic (exact) mass is 328 g/mol. The Labute approximate surface area is 136 Å². The van der Waals surface area contributed by atoms with E-state index in [9.17, 15) is 5.11 Å². The molecule has 0 fully saturated rings. The number of aliphatic hydroxyl groups excluding tert-OH is 1. The average Bonchev–Trinajstić information content (AvgIpc) is 3.07. The summed E-state index contributed by atoms with van der Waals surface area (Å²) in [6, 6.07) is 16.0. The third kappa shape index (κ3) is 2.11. The quantitative estimate of drug-likeness (QED) is 0.603. The van der Waals surface area contributed by atoms with Gasteiger partial charge in [-0.05, 0) is 18.2 Å². The van der Waals surface area contributed by atoms with Gasteiger partial charge in [0.1, 0.15) is 12.4 Å². The highest BCUT2D eigenvalue weighted by atomic mass is 35.5. The van der Waals surface area contributed by atoms with E-state index in [1.165, 1.54) is 4.70 Å². The summed E-state index contributed by atoms with van der Waals surface area (Å²) in [7, 11) is 0. The normalized spacial score (nSPS) is 11.5. The number of hydrogen-bond donors (Lipinski definition) is 1. The number of aliphatic hydroxyl groups is 1. The summed E-state index contributed by atoms with van der Waals surface area (Å²) in [5, 5.41) is 11.5. The summed E-state index contributed by atoms with van der Waals surface area (Å²) >= 11 is 8.22. The molecule has 0 aliphatic heterocycles. The van der Waals surface area contributed by atoms with E-state index in [1.54, 1.807) is 11.3 Å². The molecule has 5 heteroatoms. The predicted octanol–water partition coefficient (Wildman–Crippen LogP) is 4.45. The molecule has 2 aromatic carbocycles. The number of hydrogen-bond acceptors (Lipinski definition) is 3. The molecule has 0 bridgehead atoms. The summed E-state index contributed by atoms with van der Waals surface area (Å²) < 4.78 is 3.21. The van der Waals surface area contributed by atoms with Crippen LogP contribution < -0.4 is 0 Å². The number of halogens is 1. The summed E-state index contributed by atoms with van der Waals surface area (Å²) in [6.45, 7) is 0.534. The van der Waals surface area contributed by atoms with Crippen molar-refractivity contribution >= 4 is 44.1 Å². The van der Waals surface area contributed by atoms with Crippen molar-refractivity contribution in [1.82, 2.24) is 9.55 Å². The molecule has 0 radical (unpaired) electrons. The Balaban J connectivity index is 1.87. The molecular weight excluding hydrogens is 316 g/mol. The molecule has 4 rings (SSSR count). The first-order chi connectivity index (χ1) is 10.8. The lowest BCUT2D eigenvalue weighted by Gasteiger charge is -2.06. The number of rotatable bonds is 3. The number of benzene rings is 2. The number of para-hydroxylation sites is 2. The summed E-state index contributed by atoms with van der Waals surface area (Å²) in [5.41, 5.74) is 1.91. The average molecular weight is 329 g/mol. The van der Waals surface area contributed by atoms with E-state index in [2.05, 4.69) is 11.1 Å². The van der Waals surface area contributed by atoms with Crippen molar-refractivity contribution in [1.29, 1.82) is 0 Å². The fraction of sp³-hybridized carbons (Fsp3) is 0.118. The highest BCUT2D eigenvalue weighted by molar-refractivity contribution is 7.19. The summed E-state index contributed by atoms with van der Waals surface area (Å²) in [5.74, 6) is 0.662. The second-order valence-corrected chi connectivity index (χ2v) is 6.61. The molecule has 110 valence electrons. The van der Waals surface area contributed by atoms with Crippen molar-refractivity contribution in [2.45, 2.75) is 13.2 Å². The number of nitrogens with zero attached hydrogens (tertiary/aromatic N) is 2. The maximum absolute atomic E-state index is 9.59. The van der Waals surface area contributed by atoms with Gasteiger partial charge in [0.15, 0.2) is 0 Å². The molecule has 0 spiro atoms. The Morgan fingerprint density at radius 1 is 1.09 bits per heavy atom. The van der Waals surface area contributed by atoms with E-state index in [-0.39, 0.29) is 6.61 Å². The van der Waals surface area contributed by atoms with Gasteiger partial charge in [-0.1, -0.05) is 41.9 Å². The van der Waals surface area contributed by atoms with Crippen LogP contribution >= 0.6 is 22.9 Å². The van der Waals surface area contributed by atoms with Gasteiger partial charge in [-0.15, -0.1) is 11.3 Å². The zero-order chi connectivity index (χ0) is 15.1. The van der Waals surface area contributed by atoms with E-state index >= 15 is 0 Å². The largest absolute Gasteiger partial charge is 0.388 e. The van der Waals surface area contributed by atoms with Gasteiger partial charge in [0.05, 0.1) is 22.6 Å². The molecule has 0 unspecified atom stereocenters. The molecule has 0 aliphatic rings. The smallest absolute Gasteiger partial charge is 0.136 e. The minimum absolute atomic E-state index is 0.0861. The Kier molecular flexibility index (Phi) is 3.37. The Bertz CT molecular complexity index is 973. The fourth-order valence-electron chi connectivity index (χ4n) is 2.73. The number of aromatic nitrogens is 2. The van der Waals surface area contributed by atoms with Crippen LogP contribution in [0, 0.1) is 0 Å². The van der Waals surface area contributed by atoms with Crippen molar-refractivity contribution in [2.24, 2.45) is 0 Å². The van der Waals surface area contributed by atoms with Crippen LogP contribution in [0.1, 0.15) is 10.7 Å². The standard InChI is InChI=1S/C17H13ClN2OS/c18-17-11-5-1-4-8-14(11)22-15(17)9-20-13-7-3-2-6-12(13)19-16(20)10-21/h1-8,21H,9-10H2. The van der Waals surface area contributed by atoms with Crippen LogP contribution in [0.3, 0.4) is 0 Å². The first-order valence-electron chi connectivity index (χ1n) is 6.99. The van der Waals surface area contributed by atoms with E-state index in [1.807, 2.05) is 47.0 Å². The number of imidazole rings is 1. The number of thiophene rings is 1. The summed E-state index contributed by atoms with van der Waals surface area (Å²) in [6.07, 6.45) is 0. The van der Waals surface area contributed by atoms with Crippen molar-refractivity contribution in [3.05, 3.63) is 64.3 Å². The zero-order valence-electron chi connectivity index (χ0n) is 11.7. The van der Waals surface area contributed by atoms with Crippen LogP contribution in [0.5, 0.6) is 0 Å². The Morgan fingerprint density at radius 3 is 2.68 bits per heavy atom. The molecule has 0 amide bonds. The van der Waals surface area contributed by atoms with Crippen LogP contribution in [0.2, 0.25) is 5.02 Å². The minimum Gasteiger partial charge on any atom is -0.388 e. The highest BCUT2D eigenvalue weighted by Crippen LogP contribution is 2.36. The van der Waals surface area contributed by atoms with Gasteiger partial charge in [0.25, 0.3) is 0 Å². The first-order valence-corrected chi connectivity index (χ1v) is 8.18. The Morgan fingerprint density at radius 2 is 1.86 bits per heavy atom. The zero-order valence-corrected chi connectivity index (χ0v) is 13.2. The Hall–Kier alpha value is -1.88. The molecule has 4 aromatic rings. The molecule has 2 heterocycles. The van der Waals surface area contributed by atoms with Crippen molar-refractivity contribution in [3.8, 4) is 0 Å². The lowest BCUT2D eigenvalue weighted by molar-refractivity contribution is 0.267. The SMILES string of the molecule is OCc1nc2ccccc2n1Cc1sc2ccccc2c1Cl. The van der Waals surface area contributed by atoms with Gasteiger partial charge in [0.2, 0.25) is 0 Å². The summed E-state index contributed by atoms with van der Waals surface area (Å²) in [4.78, 5) is 5.57. The van der Waals surface area contributed by atoms with E-state index in [4.69, 9.17) is 11.6 Å². The van der Waals surface area contributed by atoms with E-state index in [0.29, 0.717) is 12.4 Å². The van der Waals surface area contributed by atoms with E-state index < -0.39 is 0 Å². The maximum atomic E-state index is 9.59. The minimum atomic E-state index is -0.0861. The van der Waals surface area contributed by atoms with Gasteiger partial charge in [-0.2, -0.15) is 0 Å². The fourth-order valence-corrected chi connectivity index (χ4v) is 4.21. The van der Waals surface area contributed by atoms with Crippen molar-refractivity contribution in [3.63, 3.8) is 0 Å². The second-order valence-electron chi connectivity index (χ2n) is 5.10. The molecule has 1 N–H and O–H groups in total. The lowest BCUT2D eigenvalue weighted by atomic mass is 10.2. The van der Waals surface area contributed by atoms with Crippen LogP contribution in [0.25, 0.3) is 21.1 Å². The maximum Gasteiger partial charge on any atom is 0.136 e. The predicted molar refractivity (Wildman–Crippen MR) is 91.6 cm³/mol. The van der Waals surface area contributed by atoms with Crippen LogP contribution in [0.4, 0.5) is 0 Å². The molecule has 0 saturated carbocycles. The lowest BCUT2D eigenvalue weighted by Crippen LogP contribution is -2.04. The molecule has 0 aliphatic carbocycles. The first kappa shape index (κ1) is 13.8. The van der Waals surface area contributed by atoms with E-state index in [0.717, 1.165) is 26.3 Å². The third-order valence-corrected chi connectivity index (χ3v) is 5.48. The highest BCUT2D eigenvalue weighted by Gasteiger charge is 2.14. The second kappa shape index (κ2) is 5.39. The molecule has 2 aromatic heterocycles. The van der Waals surface area contributed by atoms with Gasteiger partial charge in [0, 0.05) is 15.0 Å². The van der Waals surface area contributed by atoms with Crippen LogP contribution in [-0.2, 0) is 13.2 Å². The molecular formula is C17H13ClN2OS. The van der Waals surface area contributed by atoms with Crippen molar-refractivity contribution in [2.75, 3.05) is 0 Å². The van der Waals surface area contributed by atoms with Gasteiger partial charge in [-0.25, -0.2) is 4.98 Å². The van der Waals surface area contributed by atoms with Gasteiger partial charge >= 0.3 is 0 Å². The molecule has 0 saturated heterocycles. The molecule has 0 atom stereocenters. The molecule has 3 nitrogen and oxygen atoms in total. The van der Waals surface area contributed by atoms with Gasteiger partial charge < -0.3 is 9.67 Å². The third-order valence-electron chi connectivity index (χ3n) is 3.78.